The first-order valence-corrected chi connectivity index (χ1v) is 7.38. The van der Waals surface area contributed by atoms with Gasteiger partial charge in [0, 0.05) is 12.6 Å². The van der Waals surface area contributed by atoms with E-state index in [-0.39, 0.29) is 24.4 Å². The maximum absolute atomic E-state index is 12.1. The highest BCUT2D eigenvalue weighted by Gasteiger charge is 2.41. The molecule has 20 heavy (non-hydrogen) atoms. The molecule has 4 N–H and O–H groups in total. The van der Waals surface area contributed by atoms with E-state index in [0.29, 0.717) is 25.2 Å². The predicted octanol–water partition coefficient (Wildman–Crippen LogP) is 1.29. The summed E-state index contributed by atoms with van der Waals surface area (Å²) < 4.78 is 0. The number of nitrogens with one attached hydrogen (secondary N) is 1. The fourth-order valence-corrected chi connectivity index (χ4v) is 3.09. The number of hydrogen-bond acceptors (Lipinski definition) is 3. The number of carboxylic acid groups (broad SMARTS) is 1. The Morgan fingerprint density at radius 1 is 1.35 bits per heavy atom. The third kappa shape index (κ3) is 3.20. The van der Waals surface area contributed by atoms with E-state index in [1.165, 1.54) is 0 Å². The van der Waals surface area contributed by atoms with Gasteiger partial charge in [-0.1, -0.05) is 19.1 Å². The largest absolute Gasteiger partial charge is 0.481 e. The van der Waals surface area contributed by atoms with Crippen molar-refractivity contribution in [2.75, 3.05) is 6.54 Å². The monoisotopic (exact) mass is 280 g/mol. The molecular weight excluding hydrogens is 256 g/mol. The molecule has 0 heterocycles. The summed E-state index contributed by atoms with van der Waals surface area (Å²) in [6.45, 7) is 2.38. The number of carbonyl (C=O) groups is 2. The number of carbonyl (C=O) groups excluding carboxylic acids is 1. The highest BCUT2D eigenvalue weighted by molar-refractivity contribution is 5.82. The maximum atomic E-state index is 12.1. The van der Waals surface area contributed by atoms with Crippen molar-refractivity contribution in [3.05, 3.63) is 12.2 Å². The third-order valence-electron chi connectivity index (χ3n) is 4.74. The highest BCUT2D eigenvalue weighted by atomic mass is 16.4. The average molecular weight is 280 g/mol. The standard InChI is InChI=1S/C15H24N2O3/c1-10-4-6-15(7-5-10,14(19)20)9-17-13(18)11-2-3-12(16)8-11/h2-3,10-12H,4-9,16H2,1H3,(H,17,18)(H,19,20). The van der Waals surface area contributed by atoms with E-state index < -0.39 is 11.4 Å². The predicted molar refractivity (Wildman–Crippen MR) is 75.9 cm³/mol. The van der Waals surface area contributed by atoms with Crippen molar-refractivity contribution in [3.8, 4) is 0 Å². The topological polar surface area (TPSA) is 92.4 Å². The summed E-state index contributed by atoms with van der Waals surface area (Å²) in [6, 6.07) is -0.0604. The van der Waals surface area contributed by atoms with Crippen LogP contribution in [-0.4, -0.2) is 29.6 Å². The zero-order valence-corrected chi connectivity index (χ0v) is 12.0. The second-order valence-corrected chi connectivity index (χ2v) is 6.38. The molecule has 1 fully saturated rings. The van der Waals surface area contributed by atoms with E-state index in [9.17, 15) is 14.7 Å². The van der Waals surface area contributed by atoms with Crippen molar-refractivity contribution in [3.63, 3.8) is 0 Å². The molecule has 1 saturated carbocycles. The van der Waals surface area contributed by atoms with Gasteiger partial charge in [-0.05, 0) is 38.0 Å². The van der Waals surface area contributed by atoms with Crippen molar-refractivity contribution in [1.29, 1.82) is 0 Å². The van der Waals surface area contributed by atoms with Gasteiger partial charge >= 0.3 is 5.97 Å². The number of carboxylic acids is 1. The van der Waals surface area contributed by atoms with E-state index in [1.54, 1.807) is 0 Å². The van der Waals surface area contributed by atoms with Crippen molar-refractivity contribution >= 4 is 11.9 Å². The molecule has 0 aromatic rings. The fraction of sp³-hybridized carbons (Fsp3) is 0.733. The molecular formula is C15H24N2O3. The quantitative estimate of drug-likeness (QED) is 0.676. The minimum atomic E-state index is -0.789. The number of rotatable bonds is 4. The molecule has 1 amide bonds. The van der Waals surface area contributed by atoms with Crippen LogP contribution in [0.4, 0.5) is 0 Å². The highest BCUT2D eigenvalue weighted by Crippen LogP contribution is 2.38. The first kappa shape index (κ1) is 15.0. The Labute approximate surface area is 119 Å². The van der Waals surface area contributed by atoms with Crippen LogP contribution in [0.15, 0.2) is 12.2 Å². The minimum absolute atomic E-state index is 0.0604. The van der Waals surface area contributed by atoms with Gasteiger partial charge in [0.05, 0.1) is 11.3 Å². The molecule has 2 atom stereocenters. The van der Waals surface area contributed by atoms with Gasteiger partial charge in [0.2, 0.25) is 5.91 Å². The minimum Gasteiger partial charge on any atom is -0.481 e. The van der Waals surface area contributed by atoms with Crippen LogP contribution in [0.25, 0.3) is 0 Å². The van der Waals surface area contributed by atoms with Crippen LogP contribution in [0.5, 0.6) is 0 Å². The second-order valence-electron chi connectivity index (χ2n) is 6.38. The van der Waals surface area contributed by atoms with Gasteiger partial charge in [0.25, 0.3) is 0 Å². The van der Waals surface area contributed by atoms with E-state index in [1.807, 2.05) is 12.2 Å². The van der Waals surface area contributed by atoms with Crippen LogP contribution in [0, 0.1) is 17.3 Å². The number of aliphatic carboxylic acids is 1. The van der Waals surface area contributed by atoms with Gasteiger partial charge in [0.1, 0.15) is 0 Å². The lowest BCUT2D eigenvalue weighted by molar-refractivity contribution is -0.151. The summed E-state index contributed by atoms with van der Waals surface area (Å²) in [5.41, 5.74) is 4.95. The lowest BCUT2D eigenvalue weighted by Crippen LogP contribution is -2.46. The Hall–Kier alpha value is -1.36. The first-order valence-electron chi connectivity index (χ1n) is 7.38. The zero-order chi connectivity index (χ0) is 14.8. The van der Waals surface area contributed by atoms with Gasteiger partial charge in [-0.25, -0.2) is 0 Å². The van der Waals surface area contributed by atoms with Crippen molar-refractivity contribution < 1.29 is 14.7 Å². The molecule has 2 unspecified atom stereocenters. The summed E-state index contributed by atoms with van der Waals surface area (Å²) >= 11 is 0. The van der Waals surface area contributed by atoms with Gasteiger partial charge in [-0.2, -0.15) is 0 Å². The van der Waals surface area contributed by atoms with Crippen LogP contribution in [0.2, 0.25) is 0 Å². The van der Waals surface area contributed by atoms with Crippen molar-refractivity contribution in [2.45, 2.75) is 45.1 Å². The van der Waals surface area contributed by atoms with Crippen LogP contribution in [0.1, 0.15) is 39.0 Å². The Morgan fingerprint density at radius 3 is 2.50 bits per heavy atom. The van der Waals surface area contributed by atoms with E-state index >= 15 is 0 Å². The molecule has 5 heteroatoms. The molecule has 112 valence electrons. The van der Waals surface area contributed by atoms with E-state index in [0.717, 1.165) is 12.8 Å². The molecule has 2 rings (SSSR count). The summed E-state index contributed by atoms with van der Waals surface area (Å²) in [5, 5.41) is 12.3. The van der Waals surface area contributed by atoms with Crippen LogP contribution < -0.4 is 11.1 Å². The third-order valence-corrected chi connectivity index (χ3v) is 4.74. The first-order chi connectivity index (χ1) is 9.43. The van der Waals surface area contributed by atoms with Crippen LogP contribution in [-0.2, 0) is 9.59 Å². The summed E-state index contributed by atoms with van der Waals surface area (Å²) in [7, 11) is 0. The maximum Gasteiger partial charge on any atom is 0.311 e. The second kappa shape index (κ2) is 5.95. The molecule has 5 nitrogen and oxygen atoms in total. The van der Waals surface area contributed by atoms with Gasteiger partial charge in [-0.15, -0.1) is 0 Å². The molecule has 0 aliphatic heterocycles. The zero-order valence-electron chi connectivity index (χ0n) is 12.0. The Morgan fingerprint density at radius 2 is 2.00 bits per heavy atom. The average Bonchev–Trinajstić information content (AvgIpc) is 2.84. The summed E-state index contributed by atoms with van der Waals surface area (Å²) in [4.78, 5) is 23.6. The lowest BCUT2D eigenvalue weighted by Gasteiger charge is -2.36. The molecule has 2 aliphatic carbocycles. The van der Waals surface area contributed by atoms with Gasteiger partial charge in [0.15, 0.2) is 0 Å². The Balaban J connectivity index is 1.91. The van der Waals surface area contributed by atoms with Gasteiger partial charge in [-0.3, -0.25) is 9.59 Å². The molecule has 0 aromatic heterocycles. The number of amides is 1. The smallest absolute Gasteiger partial charge is 0.311 e. The normalized spacial score (nSPS) is 36.8. The summed E-state index contributed by atoms with van der Waals surface area (Å²) in [5.74, 6) is -0.524. The van der Waals surface area contributed by atoms with Crippen LogP contribution >= 0.6 is 0 Å². The van der Waals surface area contributed by atoms with E-state index in [4.69, 9.17) is 5.73 Å². The molecule has 2 aliphatic rings. The SMILES string of the molecule is CC1CCC(CNC(=O)C2C=CC(N)C2)(C(=O)O)CC1. The fourth-order valence-electron chi connectivity index (χ4n) is 3.09. The van der Waals surface area contributed by atoms with E-state index in [2.05, 4.69) is 12.2 Å². The number of hydrogen-bond donors (Lipinski definition) is 3. The molecule has 0 spiro atoms. The molecule has 0 saturated heterocycles. The molecule has 0 radical (unpaired) electrons. The van der Waals surface area contributed by atoms with Crippen LogP contribution in [0.3, 0.4) is 0 Å². The van der Waals surface area contributed by atoms with Crippen molar-refractivity contribution in [1.82, 2.24) is 5.32 Å². The Bertz CT molecular complexity index is 411. The summed E-state index contributed by atoms with van der Waals surface area (Å²) in [6.07, 6.45) is 7.37. The number of nitrogens with two attached hydrogens (primary N) is 1. The molecule has 0 aromatic carbocycles. The Kier molecular flexibility index (Phi) is 4.48. The van der Waals surface area contributed by atoms with Gasteiger partial charge < -0.3 is 16.2 Å². The molecule has 0 bridgehead atoms. The lowest BCUT2D eigenvalue weighted by atomic mass is 9.70. The van der Waals surface area contributed by atoms with Crippen molar-refractivity contribution in [2.24, 2.45) is 23.0 Å².